The molecule has 0 radical (unpaired) electrons. The topological polar surface area (TPSA) is 65.9 Å². The van der Waals surface area contributed by atoms with Crippen LogP contribution in [-0.2, 0) is 11.2 Å². The van der Waals surface area contributed by atoms with Gasteiger partial charge in [-0.1, -0.05) is 19.8 Å². The maximum Gasteiger partial charge on any atom is 0.205 e. The quantitative estimate of drug-likeness (QED) is 0.599. The second-order valence-electron chi connectivity index (χ2n) is 8.92. The van der Waals surface area contributed by atoms with Gasteiger partial charge in [-0.3, -0.25) is 4.99 Å². The molecule has 2 aliphatic carbocycles. The number of fused-ring (bicyclic) bond motifs is 2. The zero-order valence-electron chi connectivity index (χ0n) is 17.8. The molecule has 29 heavy (non-hydrogen) atoms. The molecule has 4 aliphatic rings. The normalized spacial score (nSPS) is 31.2. The monoisotopic (exact) mass is 418 g/mol. The molecule has 5 rings (SSSR count). The first-order valence-corrected chi connectivity index (χ1v) is 12.3. The predicted molar refractivity (Wildman–Crippen MR) is 117 cm³/mol. The Morgan fingerprint density at radius 1 is 1.24 bits per heavy atom. The highest BCUT2D eigenvalue weighted by molar-refractivity contribution is 7.09. The number of ether oxygens (including phenoxy) is 1. The van der Waals surface area contributed by atoms with Crippen molar-refractivity contribution in [1.29, 1.82) is 0 Å². The highest BCUT2D eigenvalue weighted by Gasteiger charge is 2.65. The molecule has 3 heterocycles. The molecule has 1 N–H and O–H groups in total. The van der Waals surface area contributed by atoms with Crippen molar-refractivity contribution in [2.45, 2.75) is 64.5 Å². The largest absolute Gasteiger partial charge is 0.377 e. The fourth-order valence-electron chi connectivity index (χ4n) is 6.06. The summed E-state index contributed by atoms with van der Waals surface area (Å²) in [6, 6.07) is 0.538. The molecule has 2 saturated carbocycles. The number of hydrogen-bond acceptors (Lipinski definition) is 6. The van der Waals surface area contributed by atoms with Crippen molar-refractivity contribution in [1.82, 2.24) is 19.6 Å². The Morgan fingerprint density at radius 3 is 2.72 bits per heavy atom. The Morgan fingerprint density at radius 2 is 2.03 bits per heavy atom. The van der Waals surface area contributed by atoms with E-state index >= 15 is 0 Å². The van der Waals surface area contributed by atoms with Gasteiger partial charge in [-0.15, -0.1) is 0 Å². The van der Waals surface area contributed by atoms with E-state index in [4.69, 9.17) is 9.73 Å². The van der Waals surface area contributed by atoms with Gasteiger partial charge in [0.15, 0.2) is 5.96 Å². The lowest BCUT2D eigenvalue weighted by atomic mass is 9.54. The number of rotatable bonds is 4. The third-order valence-corrected chi connectivity index (χ3v) is 8.32. The van der Waals surface area contributed by atoms with Gasteiger partial charge >= 0.3 is 0 Å². The summed E-state index contributed by atoms with van der Waals surface area (Å²) in [5.74, 6) is 2.74. The number of aryl methyl sites for hydroxylation is 1. The van der Waals surface area contributed by atoms with E-state index in [9.17, 15) is 0 Å². The maximum absolute atomic E-state index is 6.17. The lowest BCUT2D eigenvalue weighted by Crippen LogP contribution is -2.70. The third kappa shape index (κ3) is 3.32. The van der Waals surface area contributed by atoms with E-state index in [1.807, 2.05) is 0 Å². The van der Waals surface area contributed by atoms with Crippen LogP contribution in [0.25, 0.3) is 0 Å². The van der Waals surface area contributed by atoms with Crippen molar-refractivity contribution in [2.24, 2.45) is 16.3 Å². The lowest BCUT2D eigenvalue weighted by Gasteiger charge is -2.57. The summed E-state index contributed by atoms with van der Waals surface area (Å²) in [5, 5.41) is 5.02. The lowest BCUT2D eigenvalue weighted by molar-refractivity contribution is -0.125. The fraction of sp³-hybridized carbons (Fsp3) is 0.857. The Balaban J connectivity index is 1.25. The molecule has 1 aromatic rings. The summed E-state index contributed by atoms with van der Waals surface area (Å²) in [4.78, 5) is 14.4. The summed E-state index contributed by atoms with van der Waals surface area (Å²) in [6.07, 6.45) is 7.94. The highest BCUT2D eigenvalue weighted by atomic mass is 32.1. The van der Waals surface area contributed by atoms with E-state index in [0.717, 1.165) is 62.7 Å². The smallest absolute Gasteiger partial charge is 0.205 e. The average Bonchev–Trinajstić information content (AvgIpc) is 3.51. The number of nitrogens with one attached hydrogen (secondary N) is 1. The minimum absolute atomic E-state index is 0.362. The van der Waals surface area contributed by atoms with E-state index in [1.54, 1.807) is 0 Å². The number of aromatic nitrogens is 2. The van der Waals surface area contributed by atoms with Gasteiger partial charge in [-0.2, -0.15) is 4.37 Å². The Labute approximate surface area is 178 Å². The van der Waals surface area contributed by atoms with Gasteiger partial charge in [0.05, 0.1) is 6.10 Å². The Kier molecular flexibility index (Phi) is 5.41. The number of piperazine rings is 1. The van der Waals surface area contributed by atoms with Crippen molar-refractivity contribution >= 4 is 22.6 Å². The van der Waals surface area contributed by atoms with Crippen LogP contribution in [-0.4, -0.2) is 71.7 Å². The van der Waals surface area contributed by atoms with Crippen LogP contribution in [0.1, 0.15) is 51.8 Å². The molecule has 4 fully saturated rings. The van der Waals surface area contributed by atoms with Gasteiger partial charge < -0.3 is 19.9 Å². The summed E-state index contributed by atoms with van der Waals surface area (Å²) in [6.45, 7) is 9.94. The molecule has 3 atom stereocenters. The second kappa shape index (κ2) is 8.02. The Bertz CT molecular complexity index is 737. The molecule has 0 bridgehead atoms. The van der Waals surface area contributed by atoms with Crippen molar-refractivity contribution in [3.05, 3.63) is 5.82 Å². The Hall–Kier alpha value is -1.41. The molecule has 1 aromatic heterocycles. The molecule has 7 nitrogen and oxygen atoms in total. The number of aliphatic imine (C=N–C) groups is 1. The van der Waals surface area contributed by atoms with Crippen LogP contribution in [0.5, 0.6) is 0 Å². The van der Waals surface area contributed by atoms with Crippen molar-refractivity contribution in [3.63, 3.8) is 0 Å². The van der Waals surface area contributed by atoms with E-state index < -0.39 is 0 Å². The first-order valence-electron chi connectivity index (χ1n) is 11.5. The fourth-order valence-corrected chi connectivity index (χ4v) is 6.86. The summed E-state index contributed by atoms with van der Waals surface area (Å²) < 4.78 is 10.6. The van der Waals surface area contributed by atoms with Crippen LogP contribution < -0.4 is 10.2 Å². The third-order valence-electron chi connectivity index (χ3n) is 7.50. The minimum Gasteiger partial charge on any atom is -0.377 e. The standard InChI is InChI=1S/C21H34N6OS/c1-3-16-23-20(29-25-16)27-12-10-26(11-13-27)19(22-4-2)24-17-15-7-14-28-18(15)21(17)8-5-6-9-21/h15,17-18H,3-14H2,1-2H3,(H,22,24). The van der Waals surface area contributed by atoms with E-state index in [1.165, 1.54) is 43.6 Å². The van der Waals surface area contributed by atoms with Crippen molar-refractivity contribution in [3.8, 4) is 0 Å². The van der Waals surface area contributed by atoms with E-state index in [-0.39, 0.29) is 0 Å². The van der Waals surface area contributed by atoms with E-state index in [0.29, 0.717) is 23.5 Å². The molecule has 3 unspecified atom stereocenters. The zero-order chi connectivity index (χ0) is 19.8. The maximum atomic E-state index is 6.17. The van der Waals surface area contributed by atoms with Crippen LogP contribution in [0, 0.1) is 11.3 Å². The van der Waals surface area contributed by atoms with E-state index in [2.05, 4.69) is 38.3 Å². The van der Waals surface area contributed by atoms with Crippen LogP contribution in [0.3, 0.4) is 0 Å². The van der Waals surface area contributed by atoms with Crippen LogP contribution in [0.4, 0.5) is 5.13 Å². The number of nitrogens with zero attached hydrogens (tertiary/aromatic N) is 5. The molecule has 2 aliphatic heterocycles. The molecular weight excluding hydrogens is 384 g/mol. The molecule has 0 amide bonds. The van der Waals surface area contributed by atoms with Gasteiger partial charge in [-0.05, 0) is 26.2 Å². The summed E-state index contributed by atoms with van der Waals surface area (Å²) in [7, 11) is 0. The second-order valence-corrected chi connectivity index (χ2v) is 9.66. The van der Waals surface area contributed by atoms with Gasteiger partial charge in [0, 0.05) is 74.7 Å². The SMILES string of the molecule is CCN=C(NC1C2CCOC2C12CCCC2)N1CCN(c2nc(CC)ns2)CC1. The van der Waals surface area contributed by atoms with Crippen LogP contribution >= 0.6 is 11.5 Å². The van der Waals surface area contributed by atoms with Crippen molar-refractivity contribution < 1.29 is 4.74 Å². The molecule has 1 spiro atoms. The molecule has 2 saturated heterocycles. The van der Waals surface area contributed by atoms with Gasteiger partial charge in [0.25, 0.3) is 0 Å². The minimum atomic E-state index is 0.362. The first-order chi connectivity index (χ1) is 14.2. The van der Waals surface area contributed by atoms with Crippen molar-refractivity contribution in [2.75, 3.05) is 44.2 Å². The van der Waals surface area contributed by atoms with Crippen LogP contribution in [0.15, 0.2) is 4.99 Å². The number of guanidine groups is 1. The number of anilines is 1. The number of hydrogen-bond donors (Lipinski definition) is 1. The van der Waals surface area contributed by atoms with Gasteiger partial charge in [0.1, 0.15) is 5.82 Å². The van der Waals surface area contributed by atoms with Crippen LogP contribution in [0.2, 0.25) is 0 Å². The highest BCUT2D eigenvalue weighted by Crippen LogP contribution is 2.60. The molecule has 8 heteroatoms. The summed E-state index contributed by atoms with van der Waals surface area (Å²) in [5.41, 5.74) is 0.362. The van der Waals surface area contributed by atoms with Gasteiger partial charge in [0.2, 0.25) is 5.13 Å². The average molecular weight is 419 g/mol. The first kappa shape index (κ1) is 19.5. The summed E-state index contributed by atoms with van der Waals surface area (Å²) >= 11 is 1.53. The molecule has 0 aromatic carbocycles. The molecule has 160 valence electrons. The molecular formula is C21H34N6OS. The van der Waals surface area contributed by atoms with Gasteiger partial charge in [-0.25, -0.2) is 4.98 Å². The predicted octanol–water partition coefficient (Wildman–Crippen LogP) is 2.54. The zero-order valence-corrected chi connectivity index (χ0v) is 18.6.